The van der Waals surface area contributed by atoms with Gasteiger partial charge < -0.3 is 54.6 Å². The van der Waals surface area contributed by atoms with Gasteiger partial charge in [-0.25, -0.2) is 4.39 Å². The van der Waals surface area contributed by atoms with Gasteiger partial charge >= 0.3 is 0 Å². The Balaban J connectivity index is 1.85. The number of primary amides is 1. The lowest BCUT2D eigenvalue weighted by Crippen LogP contribution is -2.59. The number of rotatable bonds is 24. The largest absolute Gasteiger partial charge is 0.394 e. The van der Waals surface area contributed by atoms with Crippen LogP contribution in [-0.4, -0.2) is 96.9 Å². The average Bonchev–Trinajstić information content (AvgIpc) is 3.22. The fraction of sp³-hybridized carbons (Fsp3) is 0.341. The Bertz CT molecular complexity index is 1900. The molecule has 0 radical (unpaired) electrons. The van der Waals surface area contributed by atoms with E-state index in [1.165, 1.54) is 0 Å². The van der Waals surface area contributed by atoms with Gasteiger partial charge in [-0.05, 0) is 42.0 Å². The molecule has 316 valence electrons. The molecule has 0 fully saturated rings. The van der Waals surface area contributed by atoms with Crippen LogP contribution in [0.1, 0.15) is 29.5 Å². The van der Waals surface area contributed by atoms with Crippen molar-refractivity contribution in [2.24, 2.45) is 33.8 Å². The highest BCUT2D eigenvalue weighted by atomic mass is 19.1. The van der Waals surface area contributed by atoms with Gasteiger partial charge in [0.15, 0.2) is 5.96 Å². The summed E-state index contributed by atoms with van der Waals surface area (Å²) in [6.45, 7) is -1.69. The standard InChI is InChI=1S/C41H53FN10O7/c42-30(24-48-35(54)23-43)22-29(19-26-11-4-1-5-12-26)37(56)52-34(25-53)40(59)51-33(21-28-15-8-3-9-16-28)39(58)49-31(17-10-18-47-41(45)46)38(57)50-32(36(44)55)20-27-13-6-2-7-14-27/h1-9,11-16,22,29,31-34,53H,10,17-21,23-25,43H2,(H2,44,55)(H,48,54)(H,49,58)(H,50,57)(H,51,59)(H,52,56)(H4,45,46,47)/b30-22+/t29-,31+,32+,33+,34+/m1/s1. The highest BCUT2D eigenvalue weighted by Gasteiger charge is 2.32. The van der Waals surface area contributed by atoms with Gasteiger partial charge in [0.05, 0.1) is 25.6 Å². The first-order valence-electron chi connectivity index (χ1n) is 18.9. The Morgan fingerprint density at radius 3 is 1.61 bits per heavy atom. The summed E-state index contributed by atoms with van der Waals surface area (Å²) in [5, 5.41) is 22.9. The molecule has 17 nitrogen and oxygen atoms in total. The monoisotopic (exact) mass is 816 g/mol. The number of amides is 6. The number of halogens is 1. The van der Waals surface area contributed by atoms with Crippen molar-refractivity contribution in [2.75, 3.05) is 26.2 Å². The van der Waals surface area contributed by atoms with Crippen molar-refractivity contribution in [3.8, 4) is 0 Å². The van der Waals surface area contributed by atoms with E-state index in [-0.39, 0.29) is 51.2 Å². The minimum Gasteiger partial charge on any atom is -0.394 e. The highest BCUT2D eigenvalue weighted by Crippen LogP contribution is 2.15. The Labute approximate surface area is 341 Å². The fourth-order valence-corrected chi connectivity index (χ4v) is 5.82. The van der Waals surface area contributed by atoms with Crippen LogP contribution >= 0.6 is 0 Å². The van der Waals surface area contributed by atoms with Crippen LogP contribution in [0.2, 0.25) is 0 Å². The second-order valence-electron chi connectivity index (χ2n) is 13.5. The molecule has 0 unspecified atom stereocenters. The van der Waals surface area contributed by atoms with Gasteiger partial charge in [-0.15, -0.1) is 0 Å². The topological polar surface area (TPSA) is 299 Å². The second kappa shape index (κ2) is 24.9. The van der Waals surface area contributed by atoms with Crippen LogP contribution < -0.4 is 49.5 Å². The van der Waals surface area contributed by atoms with Gasteiger partial charge in [0.1, 0.15) is 30.0 Å². The molecule has 18 heteroatoms. The van der Waals surface area contributed by atoms with Crippen LogP contribution in [0.5, 0.6) is 0 Å². The number of carbonyl (C=O) groups is 6. The molecule has 0 aromatic heterocycles. The van der Waals surface area contributed by atoms with E-state index < -0.39 is 84.5 Å². The van der Waals surface area contributed by atoms with E-state index in [4.69, 9.17) is 22.9 Å². The molecule has 3 aromatic carbocycles. The van der Waals surface area contributed by atoms with Crippen molar-refractivity contribution in [1.29, 1.82) is 0 Å². The zero-order chi connectivity index (χ0) is 43.2. The third-order valence-electron chi connectivity index (χ3n) is 8.91. The minimum absolute atomic E-state index is 0.00166. The van der Waals surface area contributed by atoms with Crippen LogP contribution in [0.15, 0.2) is 108 Å². The molecule has 0 heterocycles. The summed E-state index contributed by atoms with van der Waals surface area (Å²) in [6, 6.07) is 20.8. The molecule has 0 bridgehead atoms. The van der Waals surface area contributed by atoms with Crippen LogP contribution in [-0.2, 0) is 48.0 Å². The number of nitrogens with zero attached hydrogens (tertiary/aromatic N) is 1. The Hall–Kier alpha value is -6.66. The van der Waals surface area contributed by atoms with E-state index in [1.807, 2.05) is 0 Å². The molecule has 0 saturated heterocycles. The molecule has 0 aliphatic heterocycles. The van der Waals surface area contributed by atoms with Gasteiger partial charge in [0.2, 0.25) is 35.4 Å². The van der Waals surface area contributed by atoms with Crippen molar-refractivity contribution in [1.82, 2.24) is 26.6 Å². The number of benzene rings is 3. The zero-order valence-electron chi connectivity index (χ0n) is 32.5. The summed E-state index contributed by atoms with van der Waals surface area (Å²) < 4.78 is 14.9. The summed E-state index contributed by atoms with van der Waals surface area (Å²) in [4.78, 5) is 83.0. The summed E-state index contributed by atoms with van der Waals surface area (Å²) in [7, 11) is 0. The van der Waals surface area contributed by atoms with Gasteiger partial charge in [-0.1, -0.05) is 91.0 Å². The summed E-state index contributed by atoms with van der Waals surface area (Å²) in [6.07, 6.45) is 1.23. The van der Waals surface area contributed by atoms with Gasteiger partial charge in [-0.3, -0.25) is 33.8 Å². The van der Waals surface area contributed by atoms with Crippen LogP contribution in [0.3, 0.4) is 0 Å². The third kappa shape index (κ3) is 17.2. The molecule has 0 spiro atoms. The lowest BCUT2D eigenvalue weighted by atomic mass is 9.97. The lowest BCUT2D eigenvalue weighted by molar-refractivity contribution is -0.135. The predicted octanol–water partition coefficient (Wildman–Crippen LogP) is -1.27. The third-order valence-corrected chi connectivity index (χ3v) is 8.91. The maximum atomic E-state index is 14.9. The fourth-order valence-electron chi connectivity index (χ4n) is 5.82. The average molecular weight is 817 g/mol. The summed E-state index contributed by atoms with van der Waals surface area (Å²) >= 11 is 0. The molecule has 14 N–H and O–H groups in total. The number of hydrogen-bond donors (Lipinski definition) is 10. The number of guanidine groups is 1. The van der Waals surface area contributed by atoms with E-state index in [1.54, 1.807) is 91.0 Å². The van der Waals surface area contributed by atoms with Crippen molar-refractivity contribution in [3.05, 3.63) is 120 Å². The Kier molecular flexibility index (Phi) is 19.7. The molecular formula is C41H53FN10O7. The molecule has 0 saturated carbocycles. The maximum absolute atomic E-state index is 14.9. The molecule has 6 amide bonds. The van der Waals surface area contributed by atoms with E-state index >= 15 is 0 Å². The first-order chi connectivity index (χ1) is 28.3. The molecule has 0 aliphatic rings. The van der Waals surface area contributed by atoms with E-state index in [0.29, 0.717) is 11.1 Å². The van der Waals surface area contributed by atoms with Crippen LogP contribution in [0.4, 0.5) is 4.39 Å². The van der Waals surface area contributed by atoms with Gasteiger partial charge in [-0.2, -0.15) is 0 Å². The normalized spacial score (nSPS) is 13.6. The summed E-state index contributed by atoms with van der Waals surface area (Å²) in [5.74, 6) is -6.95. The van der Waals surface area contributed by atoms with Crippen molar-refractivity contribution in [3.63, 3.8) is 0 Å². The smallest absolute Gasteiger partial charge is 0.245 e. The molecule has 5 atom stereocenters. The van der Waals surface area contributed by atoms with Crippen molar-refractivity contribution < 1.29 is 38.3 Å². The first kappa shape index (κ1) is 46.7. The minimum atomic E-state index is -1.60. The van der Waals surface area contributed by atoms with Crippen molar-refractivity contribution >= 4 is 41.4 Å². The van der Waals surface area contributed by atoms with E-state index in [9.17, 15) is 38.3 Å². The molecule has 3 aromatic rings. The molecule has 0 aliphatic carbocycles. The maximum Gasteiger partial charge on any atom is 0.245 e. The van der Waals surface area contributed by atoms with Crippen LogP contribution in [0, 0.1) is 5.92 Å². The summed E-state index contributed by atoms with van der Waals surface area (Å²) in [5.41, 5.74) is 23.8. The van der Waals surface area contributed by atoms with E-state index in [0.717, 1.165) is 11.6 Å². The number of aliphatic hydroxyl groups excluding tert-OH is 1. The molecular weight excluding hydrogens is 764 g/mol. The quantitative estimate of drug-likeness (QED) is 0.0291. The lowest BCUT2D eigenvalue weighted by Gasteiger charge is -2.26. The van der Waals surface area contributed by atoms with Gasteiger partial charge in [0, 0.05) is 19.4 Å². The number of aliphatic imine (C=N–C) groups is 1. The number of nitrogens with two attached hydrogens (primary N) is 4. The molecule has 59 heavy (non-hydrogen) atoms. The Morgan fingerprint density at radius 1 is 0.644 bits per heavy atom. The van der Waals surface area contributed by atoms with Crippen LogP contribution in [0.25, 0.3) is 0 Å². The zero-order valence-corrected chi connectivity index (χ0v) is 32.5. The van der Waals surface area contributed by atoms with Gasteiger partial charge in [0.25, 0.3) is 0 Å². The number of nitrogens with one attached hydrogen (secondary N) is 5. The molecule has 3 rings (SSSR count). The number of carbonyl (C=O) groups excluding carboxylic acids is 6. The predicted molar refractivity (Wildman–Crippen MR) is 219 cm³/mol. The first-order valence-corrected chi connectivity index (χ1v) is 18.9. The highest BCUT2D eigenvalue weighted by molar-refractivity contribution is 5.96. The van der Waals surface area contributed by atoms with Crippen molar-refractivity contribution in [2.45, 2.75) is 56.3 Å². The van der Waals surface area contributed by atoms with E-state index in [2.05, 4.69) is 31.6 Å². The number of aliphatic hydroxyl groups is 1. The number of hydrogen-bond acceptors (Lipinski definition) is 9. The SMILES string of the molecule is NCC(=O)NC/C(F)=C\[C@@H](Cc1ccccc1)C(=O)N[C@@H](CO)C(=O)N[C@@H](Cc1ccccc1)C(=O)N[C@@H](CCCN=C(N)N)C(=O)N[C@@H](Cc1ccccc1)C(N)=O. The second-order valence-corrected chi connectivity index (χ2v) is 13.5. The Morgan fingerprint density at radius 2 is 1.10 bits per heavy atom.